The Morgan fingerprint density at radius 3 is 2.53 bits per heavy atom. The SMILES string of the molecule is CCN(CC)c1nc2cc(N)ccc2nc1Cl. The predicted molar refractivity (Wildman–Crippen MR) is 72.5 cm³/mol. The molecule has 0 bridgehead atoms. The third-order valence-electron chi connectivity index (χ3n) is 2.69. The Balaban J connectivity index is 2.60. The van der Waals surface area contributed by atoms with Gasteiger partial charge in [0.1, 0.15) is 0 Å². The molecule has 0 radical (unpaired) electrons. The third kappa shape index (κ3) is 2.26. The lowest BCUT2D eigenvalue weighted by atomic mass is 10.2. The molecule has 0 unspecified atom stereocenters. The Kier molecular flexibility index (Phi) is 3.33. The molecular formula is C12H15ClN4. The summed E-state index contributed by atoms with van der Waals surface area (Å²) < 4.78 is 0. The van der Waals surface area contributed by atoms with Crippen LogP contribution >= 0.6 is 11.6 Å². The molecule has 0 spiro atoms. The molecule has 1 aromatic carbocycles. The minimum Gasteiger partial charge on any atom is -0.399 e. The molecule has 0 atom stereocenters. The molecule has 0 aliphatic heterocycles. The van der Waals surface area contributed by atoms with Crippen LogP contribution in [0, 0.1) is 0 Å². The molecule has 0 saturated heterocycles. The molecule has 4 nitrogen and oxygen atoms in total. The van der Waals surface area contributed by atoms with Crippen molar-refractivity contribution < 1.29 is 0 Å². The molecule has 2 rings (SSSR count). The maximum Gasteiger partial charge on any atom is 0.172 e. The van der Waals surface area contributed by atoms with Gasteiger partial charge in [-0.1, -0.05) is 11.6 Å². The van der Waals surface area contributed by atoms with Crippen LogP contribution in [0.2, 0.25) is 5.15 Å². The number of anilines is 2. The average Bonchev–Trinajstić information content (AvgIpc) is 2.32. The van der Waals surface area contributed by atoms with Crippen LogP contribution in [0.1, 0.15) is 13.8 Å². The lowest BCUT2D eigenvalue weighted by Gasteiger charge is -2.20. The first-order chi connectivity index (χ1) is 8.15. The minimum atomic E-state index is 0.436. The fourth-order valence-corrected chi connectivity index (χ4v) is 2.02. The number of rotatable bonds is 3. The van der Waals surface area contributed by atoms with Gasteiger partial charge in [-0.05, 0) is 32.0 Å². The summed E-state index contributed by atoms with van der Waals surface area (Å²) in [7, 11) is 0. The Bertz CT molecular complexity index is 537. The Morgan fingerprint density at radius 1 is 1.18 bits per heavy atom. The fraction of sp³-hybridized carbons (Fsp3) is 0.333. The van der Waals surface area contributed by atoms with Crippen molar-refractivity contribution in [3.8, 4) is 0 Å². The first-order valence-electron chi connectivity index (χ1n) is 5.63. The third-order valence-corrected chi connectivity index (χ3v) is 2.95. The molecule has 0 aliphatic carbocycles. The van der Waals surface area contributed by atoms with Gasteiger partial charge in [0, 0.05) is 18.8 Å². The number of hydrogen-bond acceptors (Lipinski definition) is 4. The predicted octanol–water partition coefficient (Wildman–Crippen LogP) is 2.71. The van der Waals surface area contributed by atoms with Crippen LogP contribution in [-0.2, 0) is 0 Å². The zero-order valence-electron chi connectivity index (χ0n) is 9.94. The lowest BCUT2D eigenvalue weighted by molar-refractivity contribution is 0.846. The summed E-state index contributed by atoms with van der Waals surface area (Å²) in [5.74, 6) is 0.717. The fourth-order valence-electron chi connectivity index (χ4n) is 1.76. The second kappa shape index (κ2) is 4.75. The van der Waals surface area contributed by atoms with Crippen LogP contribution < -0.4 is 10.6 Å². The van der Waals surface area contributed by atoms with Gasteiger partial charge in [-0.2, -0.15) is 0 Å². The molecule has 1 aromatic heterocycles. The molecular weight excluding hydrogens is 236 g/mol. The van der Waals surface area contributed by atoms with Gasteiger partial charge in [0.15, 0.2) is 11.0 Å². The van der Waals surface area contributed by atoms with Crippen LogP contribution in [0.25, 0.3) is 11.0 Å². The van der Waals surface area contributed by atoms with Gasteiger partial charge in [0.05, 0.1) is 11.0 Å². The number of aromatic nitrogens is 2. The largest absolute Gasteiger partial charge is 0.399 e. The first kappa shape index (κ1) is 11.9. The second-order valence-corrected chi connectivity index (χ2v) is 4.12. The van der Waals surface area contributed by atoms with Gasteiger partial charge < -0.3 is 10.6 Å². The van der Waals surface area contributed by atoms with Crippen LogP contribution in [0.3, 0.4) is 0 Å². The maximum atomic E-state index is 6.15. The van der Waals surface area contributed by atoms with E-state index in [0.29, 0.717) is 10.8 Å². The summed E-state index contributed by atoms with van der Waals surface area (Å²) in [5, 5.41) is 0.436. The number of fused-ring (bicyclic) bond motifs is 1. The second-order valence-electron chi connectivity index (χ2n) is 3.76. The van der Waals surface area contributed by atoms with Gasteiger partial charge in [-0.3, -0.25) is 0 Å². The molecule has 90 valence electrons. The average molecular weight is 251 g/mol. The highest BCUT2D eigenvalue weighted by atomic mass is 35.5. The topological polar surface area (TPSA) is 55.0 Å². The molecule has 1 heterocycles. The van der Waals surface area contributed by atoms with Gasteiger partial charge in [0.25, 0.3) is 0 Å². The number of hydrogen-bond donors (Lipinski definition) is 1. The van der Waals surface area contributed by atoms with Crippen LogP contribution in [-0.4, -0.2) is 23.1 Å². The van der Waals surface area contributed by atoms with E-state index in [1.807, 2.05) is 12.1 Å². The Morgan fingerprint density at radius 2 is 1.88 bits per heavy atom. The van der Waals surface area contributed by atoms with E-state index >= 15 is 0 Å². The van der Waals surface area contributed by atoms with Crippen molar-refractivity contribution in [2.24, 2.45) is 0 Å². The van der Waals surface area contributed by atoms with Gasteiger partial charge in [-0.25, -0.2) is 9.97 Å². The summed E-state index contributed by atoms with van der Waals surface area (Å²) in [4.78, 5) is 10.9. The summed E-state index contributed by atoms with van der Waals surface area (Å²) in [5.41, 5.74) is 7.96. The van der Waals surface area contributed by atoms with Gasteiger partial charge in [0.2, 0.25) is 0 Å². The smallest absolute Gasteiger partial charge is 0.172 e. The van der Waals surface area contributed by atoms with E-state index < -0.39 is 0 Å². The zero-order chi connectivity index (χ0) is 12.4. The monoisotopic (exact) mass is 250 g/mol. The summed E-state index contributed by atoms with van der Waals surface area (Å²) in [6, 6.07) is 5.44. The molecule has 17 heavy (non-hydrogen) atoms. The molecule has 0 aliphatic rings. The Hall–Kier alpha value is -1.55. The maximum absolute atomic E-state index is 6.15. The zero-order valence-corrected chi connectivity index (χ0v) is 10.7. The number of benzene rings is 1. The number of nitrogens with zero attached hydrogens (tertiary/aromatic N) is 3. The molecule has 0 amide bonds. The highest BCUT2D eigenvalue weighted by Crippen LogP contribution is 2.25. The molecule has 0 saturated carbocycles. The van der Waals surface area contributed by atoms with E-state index in [9.17, 15) is 0 Å². The quantitative estimate of drug-likeness (QED) is 0.851. The number of nitrogens with two attached hydrogens (primary N) is 1. The van der Waals surface area contributed by atoms with Crippen LogP contribution in [0.5, 0.6) is 0 Å². The van der Waals surface area contributed by atoms with Crippen molar-refractivity contribution in [3.05, 3.63) is 23.4 Å². The van der Waals surface area contributed by atoms with Crippen molar-refractivity contribution >= 4 is 34.1 Å². The van der Waals surface area contributed by atoms with Crippen molar-refractivity contribution in [1.29, 1.82) is 0 Å². The summed E-state index contributed by atoms with van der Waals surface area (Å²) in [6.07, 6.45) is 0. The van der Waals surface area contributed by atoms with Crippen molar-refractivity contribution in [1.82, 2.24) is 9.97 Å². The molecule has 2 aromatic rings. The van der Waals surface area contributed by atoms with E-state index in [1.54, 1.807) is 6.07 Å². The van der Waals surface area contributed by atoms with Crippen LogP contribution in [0.15, 0.2) is 18.2 Å². The van der Waals surface area contributed by atoms with E-state index in [1.165, 1.54) is 0 Å². The van der Waals surface area contributed by atoms with Crippen molar-refractivity contribution in [3.63, 3.8) is 0 Å². The first-order valence-corrected chi connectivity index (χ1v) is 6.01. The van der Waals surface area contributed by atoms with E-state index in [0.717, 1.165) is 29.9 Å². The normalized spacial score (nSPS) is 10.8. The summed E-state index contributed by atoms with van der Waals surface area (Å²) >= 11 is 6.15. The van der Waals surface area contributed by atoms with Crippen molar-refractivity contribution in [2.75, 3.05) is 23.7 Å². The van der Waals surface area contributed by atoms with Crippen molar-refractivity contribution in [2.45, 2.75) is 13.8 Å². The number of nitrogen functional groups attached to an aromatic ring is 1. The molecule has 0 fully saturated rings. The lowest BCUT2D eigenvalue weighted by Crippen LogP contribution is -2.23. The summed E-state index contributed by atoms with van der Waals surface area (Å²) in [6.45, 7) is 5.81. The van der Waals surface area contributed by atoms with Gasteiger partial charge >= 0.3 is 0 Å². The van der Waals surface area contributed by atoms with E-state index in [4.69, 9.17) is 17.3 Å². The highest BCUT2D eigenvalue weighted by molar-refractivity contribution is 6.32. The number of halogens is 1. The highest BCUT2D eigenvalue weighted by Gasteiger charge is 2.11. The Labute approximate surface area is 105 Å². The van der Waals surface area contributed by atoms with Gasteiger partial charge in [-0.15, -0.1) is 0 Å². The minimum absolute atomic E-state index is 0.436. The standard InChI is InChI=1S/C12H15ClN4/c1-3-17(4-2)12-11(13)15-9-6-5-8(14)7-10(9)16-12/h5-7H,3-4,14H2,1-2H3. The van der Waals surface area contributed by atoms with E-state index in [2.05, 4.69) is 28.7 Å². The van der Waals surface area contributed by atoms with Crippen LogP contribution in [0.4, 0.5) is 11.5 Å². The molecule has 2 N–H and O–H groups in total. The molecule has 5 heteroatoms. The van der Waals surface area contributed by atoms with E-state index in [-0.39, 0.29) is 0 Å².